The Morgan fingerprint density at radius 1 is 1.10 bits per heavy atom. The van der Waals surface area contributed by atoms with Gasteiger partial charge in [0.25, 0.3) is 0 Å². The van der Waals surface area contributed by atoms with Gasteiger partial charge in [0.15, 0.2) is 5.96 Å². The van der Waals surface area contributed by atoms with Gasteiger partial charge in [-0.3, -0.25) is 0 Å². The Morgan fingerprint density at radius 3 is 2.69 bits per heavy atom. The normalized spacial score (nSPS) is 11.0. The zero-order chi connectivity index (χ0) is 19.6. The van der Waals surface area contributed by atoms with Crippen LogP contribution >= 0.6 is 24.0 Å². The largest absolute Gasteiger partial charge is 0.357 e. The zero-order valence-corrected chi connectivity index (χ0v) is 18.7. The Labute approximate surface area is 187 Å². The highest BCUT2D eigenvalue weighted by atomic mass is 127. The Balaban J connectivity index is 0.00000300. The monoisotopic (exact) mass is 508 g/mol. The van der Waals surface area contributed by atoms with E-state index < -0.39 is 0 Å². The predicted molar refractivity (Wildman–Crippen MR) is 124 cm³/mol. The third-order valence-corrected chi connectivity index (χ3v) is 4.21. The summed E-state index contributed by atoms with van der Waals surface area (Å²) in [5.74, 6) is 0.552. The molecule has 0 aliphatic carbocycles. The Morgan fingerprint density at radius 2 is 1.93 bits per heavy atom. The number of rotatable bonds is 8. The topological polar surface area (TPSA) is 67.1 Å². The van der Waals surface area contributed by atoms with E-state index in [0.717, 1.165) is 23.6 Å². The van der Waals surface area contributed by atoms with Crippen LogP contribution < -0.4 is 10.6 Å². The van der Waals surface area contributed by atoms with Crippen LogP contribution in [0.2, 0.25) is 0 Å². The van der Waals surface area contributed by atoms with E-state index in [1.807, 2.05) is 25.1 Å². The van der Waals surface area contributed by atoms with Crippen molar-refractivity contribution in [2.24, 2.45) is 4.99 Å². The van der Waals surface area contributed by atoms with Crippen molar-refractivity contribution in [1.82, 2.24) is 25.4 Å². The van der Waals surface area contributed by atoms with Crippen LogP contribution in [0.4, 0.5) is 4.39 Å². The number of hydrogen-bond donors (Lipinski definition) is 2. The molecule has 1 aromatic heterocycles. The molecule has 0 atom stereocenters. The molecular weight excluding hydrogens is 482 g/mol. The molecule has 2 N–H and O–H groups in total. The molecule has 154 valence electrons. The van der Waals surface area contributed by atoms with Gasteiger partial charge in [0.05, 0.1) is 13.1 Å². The van der Waals surface area contributed by atoms with Gasteiger partial charge in [-0.05, 0) is 36.1 Å². The first-order valence-electron chi connectivity index (χ1n) is 9.40. The van der Waals surface area contributed by atoms with Crippen molar-refractivity contribution in [2.45, 2.75) is 26.4 Å². The smallest absolute Gasteiger partial charge is 0.191 e. The van der Waals surface area contributed by atoms with Gasteiger partial charge in [0, 0.05) is 13.1 Å². The molecule has 2 aromatic carbocycles. The number of aromatic nitrogens is 3. The van der Waals surface area contributed by atoms with Crippen LogP contribution in [-0.4, -0.2) is 33.8 Å². The van der Waals surface area contributed by atoms with Crippen molar-refractivity contribution in [2.75, 3.05) is 13.1 Å². The molecule has 1 heterocycles. The number of nitrogens with zero attached hydrogens (tertiary/aromatic N) is 4. The first-order valence-corrected chi connectivity index (χ1v) is 9.40. The summed E-state index contributed by atoms with van der Waals surface area (Å²) in [5.41, 5.74) is 2.96. The first kappa shape index (κ1) is 22.8. The fourth-order valence-corrected chi connectivity index (χ4v) is 2.86. The second-order valence-corrected chi connectivity index (χ2v) is 6.38. The number of aliphatic imine (C=N–C) groups is 1. The summed E-state index contributed by atoms with van der Waals surface area (Å²) in [6.45, 7) is 4.63. The fraction of sp³-hybridized carbons (Fsp3) is 0.286. The zero-order valence-electron chi connectivity index (χ0n) is 16.4. The maximum absolute atomic E-state index is 13.7. The van der Waals surface area contributed by atoms with Crippen LogP contribution in [-0.2, 0) is 19.5 Å². The van der Waals surface area contributed by atoms with Gasteiger partial charge in [0.2, 0.25) is 0 Å². The number of hydrogen-bond acceptors (Lipinski definition) is 3. The van der Waals surface area contributed by atoms with Crippen molar-refractivity contribution >= 4 is 29.9 Å². The molecule has 0 fully saturated rings. The summed E-state index contributed by atoms with van der Waals surface area (Å²) in [6.07, 6.45) is 3.84. The van der Waals surface area contributed by atoms with Crippen LogP contribution in [0.15, 0.2) is 66.2 Å². The number of benzene rings is 2. The summed E-state index contributed by atoms with van der Waals surface area (Å²) < 4.78 is 15.5. The lowest BCUT2D eigenvalue weighted by Crippen LogP contribution is -2.38. The molecule has 0 unspecified atom stereocenters. The highest BCUT2D eigenvalue weighted by Gasteiger charge is 2.03. The van der Waals surface area contributed by atoms with Crippen LogP contribution in [0, 0.1) is 5.82 Å². The molecule has 0 bridgehead atoms. The molecule has 0 aliphatic rings. The highest BCUT2D eigenvalue weighted by Crippen LogP contribution is 2.08. The lowest BCUT2D eigenvalue weighted by molar-refractivity contribution is 0.606. The van der Waals surface area contributed by atoms with E-state index in [2.05, 4.69) is 43.9 Å². The van der Waals surface area contributed by atoms with Crippen LogP contribution in [0.25, 0.3) is 0 Å². The van der Waals surface area contributed by atoms with E-state index in [9.17, 15) is 4.39 Å². The molecule has 6 nitrogen and oxygen atoms in total. The minimum atomic E-state index is -0.171. The van der Waals surface area contributed by atoms with E-state index in [1.165, 1.54) is 12.4 Å². The van der Waals surface area contributed by atoms with E-state index in [1.54, 1.807) is 17.1 Å². The summed E-state index contributed by atoms with van der Waals surface area (Å²) in [6, 6.07) is 15.1. The lowest BCUT2D eigenvalue weighted by Gasteiger charge is -2.12. The van der Waals surface area contributed by atoms with Gasteiger partial charge < -0.3 is 10.6 Å². The van der Waals surface area contributed by atoms with Gasteiger partial charge in [-0.25, -0.2) is 19.0 Å². The maximum Gasteiger partial charge on any atom is 0.191 e. The van der Waals surface area contributed by atoms with Gasteiger partial charge in [-0.1, -0.05) is 42.5 Å². The van der Waals surface area contributed by atoms with Gasteiger partial charge in [-0.15, -0.1) is 24.0 Å². The molecule has 29 heavy (non-hydrogen) atoms. The Kier molecular flexibility index (Phi) is 9.55. The molecule has 8 heteroatoms. The number of halogens is 2. The first-order chi connectivity index (χ1) is 13.7. The second-order valence-electron chi connectivity index (χ2n) is 6.38. The molecular formula is C21H26FIN6. The summed E-state index contributed by atoms with van der Waals surface area (Å²) in [4.78, 5) is 8.61. The molecule has 0 amide bonds. The molecule has 0 radical (unpaired) electrons. The molecule has 0 spiro atoms. The van der Waals surface area contributed by atoms with Crippen LogP contribution in [0.1, 0.15) is 23.6 Å². The van der Waals surface area contributed by atoms with E-state index in [4.69, 9.17) is 0 Å². The van der Waals surface area contributed by atoms with Crippen molar-refractivity contribution in [3.05, 3.63) is 83.7 Å². The summed E-state index contributed by atoms with van der Waals surface area (Å²) in [7, 11) is 0. The van der Waals surface area contributed by atoms with Crippen molar-refractivity contribution in [3.8, 4) is 0 Å². The van der Waals surface area contributed by atoms with Crippen molar-refractivity contribution in [3.63, 3.8) is 0 Å². The summed E-state index contributed by atoms with van der Waals surface area (Å²) >= 11 is 0. The Hall–Kier alpha value is -2.49. The second kappa shape index (κ2) is 12.2. The van der Waals surface area contributed by atoms with E-state index in [-0.39, 0.29) is 29.8 Å². The van der Waals surface area contributed by atoms with Crippen molar-refractivity contribution < 1.29 is 4.39 Å². The number of guanidine groups is 1. The predicted octanol–water partition coefficient (Wildman–Crippen LogP) is 3.38. The average molecular weight is 508 g/mol. The van der Waals surface area contributed by atoms with Crippen LogP contribution in [0.3, 0.4) is 0 Å². The highest BCUT2D eigenvalue weighted by molar-refractivity contribution is 14.0. The van der Waals surface area contributed by atoms with Gasteiger partial charge in [-0.2, -0.15) is 5.10 Å². The standard InChI is InChI=1S/C21H25FN6.HI/c1-2-24-21(25-11-10-19-8-3-4-9-20(19)22)26-13-17-6-5-7-18(12-17)14-28-16-23-15-27-28;/h3-9,12,15-16H,2,10-11,13-14H2,1H3,(H2,24,25,26);1H. The van der Waals surface area contributed by atoms with E-state index >= 15 is 0 Å². The Bertz CT molecular complexity index is 898. The quantitative estimate of drug-likeness (QED) is 0.278. The molecule has 3 aromatic rings. The van der Waals surface area contributed by atoms with Gasteiger partial charge >= 0.3 is 0 Å². The maximum atomic E-state index is 13.7. The number of nitrogens with one attached hydrogen (secondary N) is 2. The summed E-state index contributed by atoms with van der Waals surface area (Å²) in [5, 5.41) is 10.6. The lowest BCUT2D eigenvalue weighted by atomic mass is 10.1. The van der Waals surface area contributed by atoms with E-state index in [0.29, 0.717) is 31.6 Å². The SMILES string of the molecule is CCNC(=NCc1cccc(Cn2cncn2)c1)NCCc1ccccc1F.I. The van der Waals surface area contributed by atoms with Gasteiger partial charge in [0.1, 0.15) is 18.5 Å². The van der Waals surface area contributed by atoms with Crippen molar-refractivity contribution in [1.29, 1.82) is 0 Å². The average Bonchev–Trinajstić information content (AvgIpc) is 3.21. The fourth-order valence-electron chi connectivity index (χ4n) is 2.86. The minimum absolute atomic E-state index is 0. The molecule has 0 saturated carbocycles. The minimum Gasteiger partial charge on any atom is -0.357 e. The molecule has 0 saturated heterocycles. The van der Waals surface area contributed by atoms with Crippen LogP contribution in [0.5, 0.6) is 0 Å². The third-order valence-electron chi connectivity index (χ3n) is 4.21. The molecule has 0 aliphatic heterocycles. The molecule has 3 rings (SSSR count). The third kappa shape index (κ3) is 7.45.